The molecule has 9 heavy (non-hydrogen) atoms. The second kappa shape index (κ2) is 2.97. The van der Waals surface area contributed by atoms with Gasteiger partial charge in [-0.05, 0) is 12.2 Å². The van der Waals surface area contributed by atoms with E-state index >= 15 is 0 Å². The molecule has 0 saturated carbocycles. The fourth-order valence-electron chi connectivity index (χ4n) is 0.566. The van der Waals surface area contributed by atoms with Crippen molar-refractivity contribution in [3.05, 3.63) is 23.3 Å². The predicted octanol–water partition coefficient (Wildman–Crippen LogP) is 2.72. The van der Waals surface area contributed by atoms with Crippen LogP contribution in [0.25, 0.3) is 0 Å². The highest BCUT2D eigenvalue weighted by atomic mass is 32.2. The molecule has 0 aromatic rings. The van der Waals surface area contributed by atoms with Gasteiger partial charge in [-0.1, -0.05) is 13.8 Å². The van der Waals surface area contributed by atoms with E-state index in [1.54, 1.807) is 0 Å². The topological polar surface area (TPSA) is 9.23 Å². The van der Waals surface area contributed by atoms with Crippen LogP contribution in [-0.2, 0) is 4.18 Å². The molecule has 2 heteroatoms. The molecule has 0 radical (unpaired) electrons. The van der Waals surface area contributed by atoms with Crippen molar-refractivity contribution in [2.75, 3.05) is 0 Å². The minimum Gasteiger partial charge on any atom is -0.425 e. The summed E-state index contributed by atoms with van der Waals surface area (Å²) in [7, 11) is 0. The van der Waals surface area contributed by atoms with Crippen LogP contribution in [-0.4, -0.2) is 0 Å². The van der Waals surface area contributed by atoms with Gasteiger partial charge in [0.15, 0.2) is 0 Å². The first-order valence-electron chi connectivity index (χ1n) is 3.01. The molecule has 0 aromatic heterocycles. The van der Waals surface area contributed by atoms with E-state index in [2.05, 4.69) is 13.8 Å². The van der Waals surface area contributed by atoms with Gasteiger partial charge in [0.2, 0.25) is 0 Å². The van der Waals surface area contributed by atoms with Crippen LogP contribution in [0.3, 0.4) is 0 Å². The summed E-state index contributed by atoms with van der Waals surface area (Å²) in [4.78, 5) is 0. The number of allylic oxidation sites excluding steroid dienone is 3. The second-order valence-corrected chi connectivity index (χ2v) is 2.86. The largest absolute Gasteiger partial charge is 0.425 e. The summed E-state index contributed by atoms with van der Waals surface area (Å²) in [5.41, 5.74) is 0. The van der Waals surface area contributed by atoms with Crippen LogP contribution in [0.4, 0.5) is 0 Å². The third-order valence-electron chi connectivity index (χ3n) is 1.11. The van der Waals surface area contributed by atoms with Crippen LogP contribution >= 0.6 is 12.0 Å². The highest BCUT2D eigenvalue weighted by Gasteiger charge is 2.04. The standard InChI is InChI=1S/C7H10OS/c1-6(2)7-4-3-5-9-8-7/h3-6H,1-2H3. The van der Waals surface area contributed by atoms with Gasteiger partial charge in [-0.3, -0.25) is 0 Å². The van der Waals surface area contributed by atoms with Crippen molar-refractivity contribution in [3.63, 3.8) is 0 Å². The van der Waals surface area contributed by atoms with E-state index in [4.69, 9.17) is 4.18 Å². The average Bonchev–Trinajstić information content (AvgIpc) is 1.90. The minimum absolute atomic E-state index is 0.502. The van der Waals surface area contributed by atoms with Gasteiger partial charge in [0.05, 0.1) is 12.0 Å². The number of hydrogen-bond acceptors (Lipinski definition) is 2. The minimum atomic E-state index is 0.502. The van der Waals surface area contributed by atoms with Gasteiger partial charge in [0.1, 0.15) is 5.76 Å². The van der Waals surface area contributed by atoms with Crippen molar-refractivity contribution in [2.45, 2.75) is 13.8 Å². The Balaban J connectivity index is 2.57. The molecule has 0 bridgehead atoms. The molecule has 1 heterocycles. The van der Waals surface area contributed by atoms with Crippen molar-refractivity contribution in [1.82, 2.24) is 0 Å². The fraction of sp³-hybridized carbons (Fsp3) is 0.429. The lowest BCUT2D eigenvalue weighted by molar-refractivity contribution is 0.424. The van der Waals surface area contributed by atoms with Crippen LogP contribution in [0.5, 0.6) is 0 Å². The highest BCUT2D eigenvalue weighted by Crippen LogP contribution is 2.22. The molecule has 0 saturated heterocycles. The molecule has 0 fully saturated rings. The summed E-state index contributed by atoms with van der Waals surface area (Å²) in [6.07, 6.45) is 4.00. The lowest BCUT2D eigenvalue weighted by atomic mass is 10.2. The molecule has 1 nitrogen and oxygen atoms in total. The van der Waals surface area contributed by atoms with E-state index < -0.39 is 0 Å². The number of rotatable bonds is 1. The Bertz CT molecular complexity index is 147. The Hall–Kier alpha value is -0.370. The zero-order valence-corrected chi connectivity index (χ0v) is 6.44. The summed E-state index contributed by atoms with van der Waals surface area (Å²) in [5, 5.41) is 1.92. The van der Waals surface area contributed by atoms with Gasteiger partial charge in [-0.2, -0.15) is 0 Å². The van der Waals surface area contributed by atoms with Gasteiger partial charge < -0.3 is 4.18 Å². The number of hydrogen-bond donors (Lipinski definition) is 0. The normalized spacial score (nSPS) is 17.4. The molecule has 0 aliphatic carbocycles. The maximum atomic E-state index is 5.23. The second-order valence-electron chi connectivity index (χ2n) is 2.23. The smallest absolute Gasteiger partial charge is 0.117 e. The van der Waals surface area contributed by atoms with Crippen LogP contribution in [0.2, 0.25) is 0 Å². The van der Waals surface area contributed by atoms with E-state index in [1.807, 2.05) is 17.6 Å². The van der Waals surface area contributed by atoms with Gasteiger partial charge >= 0.3 is 0 Å². The maximum Gasteiger partial charge on any atom is 0.117 e. The monoisotopic (exact) mass is 142 g/mol. The van der Waals surface area contributed by atoms with Gasteiger partial charge in [0.25, 0.3) is 0 Å². The zero-order valence-electron chi connectivity index (χ0n) is 5.63. The Morgan fingerprint density at radius 1 is 1.56 bits per heavy atom. The van der Waals surface area contributed by atoms with Crippen LogP contribution in [0, 0.1) is 5.92 Å². The summed E-state index contributed by atoms with van der Waals surface area (Å²) in [6, 6.07) is 0. The highest BCUT2D eigenvalue weighted by molar-refractivity contribution is 7.97. The Labute approximate surface area is 60.0 Å². The van der Waals surface area contributed by atoms with Crippen LogP contribution in [0.1, 0.15) is 13.8 Å². The van der Waals surface area contributed by atoms with Crippen molar-refractivity contribution >= 4 is 12.0 Å². The predicted molar refractivity (Wildman–Crippen MR) is 40.7 cm³/mol. The molecule has 0 atom stereocenters. The maximum absolute atomic E-state index is 5.23. The zero-order chi connectivity index (χ0) is 6.69. The Morgan fingerprint density at radius 2 is 2.33 bits per heavy atom. The molecule has 1 aliphatic heterocycles. The Kier molecular flexibility index (Phi) is 2.22. The van der Waals surface area contributed by atoms with Crippen molar-refractivity contribution < 1.29 is 4.18 Å². The molecule has 0 amide bonds. The first-order valence-corrected chi connectivity index (χ1v) is 3.81. The summed E-state index contributed by atoms with van der Waals surface area (Å²) < 4.78 is 5.23. The molecule has 1 rings (SSSR count). The van der Waals surface area contributed by atoms with Gasteiger partial charge in [-0.15, -0.1) is 0 Å². The fourth-order valence-corrected chi connectivity index (χ4v) is 1.12. The van der Waals surface area contributed by atoms with Crippen molar-refractivity contribution in [3.8, 4) is 0 Å². The molecule has 0 N–H and O–H groups in total. The summed E-state index contributed by atoms with van der Waals surface area (Å²) >= 11 is 1.38. The molecule has 0 spiro atoms. The van der Waals surface area contributed by atoms with E-state index in [0.717, 1.165) is 5.76 Å². The SMILES string of the molecule is CC(C)C1=CC=CSO1. The quantitative estimate of drug-likeness (QED) is 0.520. The van der Waals surface area contributed by atoms with Crippen molar-refractivity contribution in [2.24, 2.45) is 5.92 Å². The molecule has 1 aliphatic rings. The summed E-state index contributed by atoms with van der Waals surface area (Å²) in [6.45, 7) is 4.23. The first-order chi connectivity index (χ1) is 4.30. The molecule has 0 aromatic carbocycles. The van der Waals surface area contributed by atoms with Crippen LogP contribution in [0.15, 0.2) is 23.3 Å². The Morgan fingerprint density at radius 3 is 2.67 bits per heavy atom. The average molecular weight is 142 g/mol. The van der Waals surface area contributed by atoms with E-state index in [-0.39, 0.29) is 0 Å². The molecule has 50 valence electrons. The third-order valence-corrected chi connectivity index (χ3v) is 1.66. The molecular formula is C7H10OS. The van der Waals surface area contributed by atoms with E-state index in [9.17, 15) is 0 Å². The molecule has 0 unspecified atom stereocenters. The third kappa shape index (κ3) is 1.79. The lowest BCUT2D eigenvalue weighted by Crippen LogP contribution is -1.95. The van der Waals surface area contributed by atoms with Gasteiger partial charge in [-0.25, -0.2) is 0 Å². The molecular weight excluding hydrogens is 132 g/mol. The van der Waals surface area contributed by atoms with E-state index in [1.165, 1.54) is 12.0 Å². The van der Waals surface area contributed by atoms with Crippen molar-refractivity contribution in [1.29, 1.82) is 0 Å². The first kappa shape index (κ1) is 6.75. The summed E-state index contributed by atoms with van der Waals surface area (Å²) in [5.74, 6) is 1.56. The van der Waals surface area contributed by atoms with Gasteiger partial charge in [0, 0.05) is 11.3 Å². The van der Waals surface area contributed by atoms with E-state index in [0.29, 0.717) is 5.92 Å². The van der Waals surface area contributed by atoms with Crippen LogP contribution < -0.4 is 0 Å². The lowest BCUT2D eigenvalue weighted by Gasteiger charge is -2.11.